The first-order valence-electron chi connectivity index (χ1n) is 9.25. The van der Waals surface area contributed by atoms with Gasteiger partial charge in [0.25, 0.3) is 5.91 Å². The van der Waals surface area contributed by atoms with Gasteiger partial charge < -0.3 is 10.1 Å². The fourth-order valence-corrected chi connectivity index (χ4v) is 5.09. The highest BCUT2D eigenvalue weighted by atomic mass is 79.9. The minimum absolute atomic E-state index is 0.246. The number of amides is 1. The van der Waals surface area contributed by atoms with Crippen LogP contribution in [-0.4, -0.2) is 38.3 Å². The summed E-state index contributed by atoms with van der Waals surface area (Å²) in [6, 6.07) is 11.4. The highest BCUT2D eigenvalue weighted by Crippen LogP contribution is 2.27. The van der Waals surface area contributed by atoms with Crippen LogP contribution in [0.1, 0.15) is 36.5 Å². The van der Waals surface area contributed by atoms with Gasteiger partial charge in [0.05, 0.1) is 16.0 Å². The number of ether oxygens (including phenoxy) is 1. The largest absolute Gasteiger partial charge is 0.493 e. The maximum absolute atomic E-state index is 12.7. The standard InChI is InChI=1S/C20H23BrN2O4S/c1-2-27-19-11-6-15(14-18(19)21)20(24)22-16-7-9-17(10-8-16)28(25,26)23-12-4-3-5-13-23/h6-11,14H,2-5,12-13H2,1H3,(H,22,24). The molecule has 6 nitrogen and oxygen atoms in total. The van der Waals surface area contributed by atoms with Crippen LogP contribution in [0.15, 0.2) is 51.8 Å². The molecule has 8 heteroatoms. The highest BCUT2D eigenvalue weighted by molar-refractivity contribution is 9.10. The van der Waals surface area contributed by atoms with Crippen LogP contribution in [0.2, 0.25) is 0 Å². The second-order valence-electron chi connectivity index (χ2n) is 6.52. The molecule has 1 N–H and O–H groups in total. The Morgan fingerprint density at radius 1 is 1.11 bits per heavy atom. The van der Waals surface area contributed by atoms with Crippen molar-refractivity contribution in [2.24, 2.45) is 0 Å². The molecule has 0 aliphatic carbocycles. The predicted octanol–water partition coefficient (Wildman–Crippen LogP) is 4.27. The van der Waals surface area contributed by atoms with E-state index in [1.165, 1.54) is 16.4 Å². The van der Waals surface area contributed by atoms with Gasteiger partial charge in [0.2, 0.25) is 10.0 Å². The van der Waals surface area contributed by atoms with Crippen molar-refractivity contribution in [3.63, 3.8) is 0 Å². The molecule has 150 valence electrons. The van der Waals surface area contributed by atoms with Gasteiger partial charge in [-0.2, -0.15) is 4.31 Å². The van der Waals surface area contributed by atoms with Crippen LogP contribution < -0.4 is 10.1 Å². The predicted molar refractivity (Wildman–Crippen MR) is 112 cm³/mol. The van der Waals surface area contributed by atoms with E-state index in [-0.39, 0.29) is 10.8 Å². The second kappa shape index (κ2) is 9.07. The molecule has 2 aromatic carbocycles. The first kappa shape index (κ1) is 20.8. The summed E-state index contributed by atoms with van der Waals surface area (Å²) in [4.78, 5) is 12.7. The van der Waals surface area contributed by atoms with Crippen molar-refractivity contribution in [2.75, 3.05) is 25.0 Å². The molecule has 0 bridgehead atoms. The Labute approximate surface area is 174 Å². The first-order valence-corrected chi connectivity index (χ1v) is 11.5. The summed E-state index contributed by atoms with van der Waals surface area (Å²) in [6.07, 6.45) is 2.86. The molecule has 1 heterocycles. The number of hydrogen-bond acceptors (Lipinski definition) is 4. The number of rotatable bonds is 6. The maximum Gasteiger partial charge on any atom is 0.255 e. The number of benzene rings is 2. The summed E-state index contributed by atoms with van der Waals surface area (Å²) in [5.74, 6) is 0.390. The number of hydrogen-bond donors (Lipinski definition) is 1. The normalized spacial score (nSPS) is 15.2. The third-order valence-corrected chi connectivity index (χ3v) is 7.09. The molecule has 1 aliphatic rings. The van der Waals surface area contributed by atoms with Gasteiger partial charge >= 0.3 is 0 Å². The van der Waals surface area contributed by atoms with Crippen molar-refractivity contribution < 1.29 is 17.9 Å². The van der Waals surface area contributed by atoms with Crippen LogP contribution in [0.4, 0.5) is 5.69 Å². The third-order valence-electron chi connectivity index (χ3n) is 4.56. The van der Waals surface area contributed by atoms with E-state index in [0.29, 0.717) is 41.2 Å². The van der Waals surface area contributed by atoms with Gasteiger partial charge in [0.1, 0.15) is 5.75 Å². The minimum atomic E-state index is -3.47. The summed E-state index contributed by atoms with van der Waals surface area (Å²) >= 11 is 3.39. The zero-order valence-electron chi connectivity index (χ0n) is 15.7. The SMILES string of the molecule is CCOc1ccc(C(=O)Nc2ccc(S(=O)(=O)N3CCCCC3)cc2)cc1Br. The number of carbonyl (C=O) groups excluding carboxylic acids is 1. The lowest BCUT2D eigenvalue weighted by Crippen LogP contribution is -2.35. The van der Waals surface area contributed by atoms with Crippen LogP contribution >= 0.6 is 15.9 Å². The van der Waals surface area contributed by atoms with Gasteiger partial charge in [-0.05, 0) is 78.2 Å². The molecule has 1 fully saturated rings. The quantitative estimate of drug-likeness (QED) is 0.689. The lowest BCUT2D eigenvalue weighted by atomic mass is 10.2. The average molecular weight is 467 g/mol. The summed E-state index contributed by atoms with van der Waals surface area (Å²) < 4.78 is 33.0. The summed E-state index contributed by atoms with van der Waals surface area (Å²) in [6.45, 7) is 3.56. The minimum Gasteiger partial charge on any atom is -0.493 e. The number of piperidine rings is 1. The number of nitrogens with zero attached hydrogens (tertiary/aromatic N) is 1. The zero-order chi connectivity index (χ0) is 20.1. The molecule has 1 aliphatic heterocycles. The van der Waals surface area contributed by atoms with E-state index >= 15 is 0 Å². The van der Waals surface area contributed by atoms with E-state index < -0.39 is 10.0 Å². The number of halogens is 1. The lowest BCUT2D eigenvalue weighted by molar-refractivity contribution is 0.102. The van der Waals surface area contributed by atoms with Gasteiger partial charge in [-0.1, -0.05) is 6.42 Å². The molecular weight excluding hydrogens is 444 g/mol. The van der Waals surface area contributed by atoms with Crippen molar-refractivity contribution in [2.45, 2.75) is 31.1 Å². The molecule has 1 saturated heterocycles. The van der Waals surface area contributed by atoms with Crippen molar-refractivity contribution in [3.05, 3.63) is 52.5 Å². The zero-order valence-corrected chi connectivity index (χ0v) is 18.1. The Morgan fingerprint density at radius 3 is 2.39 bits per heavy atom. The number of nitrogens with one attached hydrogen (secondary N) is 1. The molecule has 0 aromatic heterocycles. The molecule has 0 radical (unpaired) electrons. The molecule has 1 amide bonds. The van der Waals surface area contributed by atoms with E-state index in [9.17, 15) is 13.2 Å². The van der Waals surface area contributed by atoms with E-state index in [1.807, 2.05) is 6.92 Å². The van der Waals surface area contributed by atoms with E-state index in [0.717, 1.165) is 19.3 Å². The molecule has 0 spiro atoms. The Morgan fingerprint density at radius 2 is 1.79 bits per heavy atom. The molecule has 0 atom stereocenters. The molecule has 28 heavy (non-hydrogen) atoms. The van der Waals surface area contributed by atoms with Crippen LogP contribution in [0, 0.1) is 0 Å². The van der Waals surface area contributed by atoms with Gasteiger partial charge in [0, 0.05) is 24.3 Å². The Bertz CT molecular complexity index is 939. The van der Waals surface area contributed by atoms with E-state index in [1.54, 1.807) is 30.3 Å². The summed E-state index contributed by atoms with van der Waals surface area (Å²) in [7, 11) is -3.47. The van der Waals surface area contributed by atoms with Gasteiger partial charge in [0.15, 0.2) is 0 Å². The fraction of sp³-hybridized carbons (Fsp3) is 0.350. The van der Waals surface area contributed by atoms with Crippen molar-refractivity contribution in [3.8, 4) is 5.75 Å². The molecule has 3 rings (SSSR count). The Kier molecular flexibility index (Phi) is 6.74. The van der Waals surface area contributed by atoms with Crippen molar-refractivity contribution >= 4 is 37.5 Å². The number of sulfonamides is 1. The highest BCUT2D eigenvalue weighted by Gasteiger charge is 2.25. The van der Waals surface area contributed by atoms with Crippen molar-refractivity contribution in [1.29, 1.82) is 0 Å². The van der Waals surface area contributed by atoms with Gasteiger partial charge in [-0.15, -0.1) is 0 Å². The topological polar surface area (TPSA) is 75.7 Å². The van der Waals surface area contributed by atoms with Gasteiger partial charge in [-0.25, -0.2) is 8.42 Å². The number of carbonyl (C=O) groups is 1. The summed E-state index contributed by atoms with van der Waals surface area (Å²) in [5, 5.41) is 2.79. The van der Waals surface area contributed by atoms with Gasteiger partial charge in [-0.3, -0.25) is 4.79 Å². The molecule has 0 saturated carbocycles. The molecule has 0 unspecified atom stereocenters. The smallest absolute Gasteiger partial charge is 0.255 e. The third kappa shape index (κ3) is 4.74. The number of anilines is 1. The summed E-state index contributed by atoms with van der Waals surface area (Å²) in [5.41, 5.74) is 1.01. The van der Waals surface area contributed by atoms with Crippen molar-refractivity contribution in [1.82, 2.24) is 4.31 Å². The van der Waals surface area contributed by atoms with Crippen LogP contribution in [0.3, 0.4) is 0 Å². The Balaban J connectivity index is 1.70. The van der Waals surface area contributed by atoms with Crippen LogP contribution in [-0.2, 0) is 10.0 Å². The molecular formula is C20H23BrN2O4S. The lowest BCUT2D eigenvalue weighted by Gasteiger charge is -2.25. The molecule has 2 aromatic rings. The van der Waals surface area contributed by atoms with E-state index in [2.05, 4.69) is 21.2 Å². The van der Waals surface area contributed by atoms with E-state index in [4.69, 9.17) is 4.74 Å². The first-order chi connectivity index (χ1) is 13.4. The monoisotopic (exact) mass is 466 g/mol. The Hall–Kier alpha value is -1.90. The van der Waals surface area contributed by atoms with Crippen LogP contribution in [0.25, 0.3) is 0 Å². The second-order valence-corrected chi connectivity index (χ2v) is 9.31. The van der Waals surface area contributed by atoms with Crippen LogP contribution in [0.5, 0.6) is 5.75 Å². The average Bonchev–Trinajstić information content (AvgIpc) is 2.70. The fourth-order valence-electron chi connectivity index (χ4n) is 3.08. The maximum atomic E-state index is 12.7.